The molecule has 0 spiro atoms. The van der Waals surface area contributed by atoms with Crippen molar-refractivity contribution in [2.24, 2.45) is 5.92 Å². The van der Waals surface area contributed by atoms with Crippen LogP contribution in [-0.2, 0) is 4.79 Å². The Balaban J connectivity index is 3.18. The Kier molecular flexibility index (Phi) is 8.70. The average Bonchev–Trinajstić information content (AvgIpc) is 2.14. The highest BCUT2D eigenvalue weighted by Crippen LogP contribution is 2.15. The Hall–Kier alpha value is -0.530. The summed E-state index contributed by atoms with van der Waals surface area (Å²) < 4.78 is 0. The van der Waals surface area contributed by atoms with E-state index in [9.17, 15) is 4.79 Å². The van der Waals surface area contributed by atoms with Crippen molar-refractivity contribution >= 4 is 5.97 Å². The van der Waals surface area contributed by atoms with Gasteiger partial charge in [0.15, 0.2) is 0 Å². The summed E-state index contributed by atoms with van der Waals surface area (Å²) >= 11 is 0. The van der Waals surface area contributed by atoms with E-state index < -0.39 is 5.97 Å². The molecule has 0 amide bonds. The van der Waals surface area contributed by atoms with Gasteiger partial charge in [-0.25, -0.2) is 0 Å². The number of rotatable bonds is 9. The minimum absolute atomic E-state index is 0.329. The maximum atomic E-state index is 10.3. The number of aliphatic carboxylic acids is 1. The highest BCUT2D eigenvalue weighted by Gasteiger charge is 2.04. The van der Waals surface area contributed by atoms with Crippen molar-refractivity contribution in [1.29, 1.82) is 0 Å². The molecular formula is C12H24O2. The van der Waals surface area contributed by atoms with Gasteiger partial charge in [0.05, 0.1) is 0 Å². The number of carboxylic acids is 1. The van der Waals surface area contributed by atoms with Gasteiger partial charge in [0.1, 0.15) is 0 Å². The average molecular weight is 200 g/mol. The van der Waals surface area contributed by atoms with Crippen molar-refractivity contribution in [2.45, 2.75) is 65.2 Å². The van der Waals surface area contributed by atoms with Gasteiger partial charge in [-0.15, -0.1) is 0 Å². The van der Waals surface area contributed by atoms with Crippen LogP contribution in [0.3, 0.4) is 0 Å². The Morgan fingerprint density at radius 2 is 1.79 bits per heavy atom. The quantitative estimate of drug-likeness (QED) is 0.574. The van der Waals surface area contributed by atoms with Gasteiger partial charge >= 0.3 is 5.97 Å². The van der Waals surface area contributed by atoms with Crippen molar-refractivity contribution in [1.82, 2.24) is 0 Å². The molecule has 0 radical (unpaired) electrons. The Labute approximate surface area is 87.7 Å². The molecule has 0 saturated heterocycles. The van der Waals surface area contributed by atoms with Gasteiger partial charge in [-0.2, -0.15) is 0 Å². The van der Waals surface area contributed by atoms with Crippen LogP contribution >= 0.6 is 0 Å². The van der Waals surface area contributed by atoms with Gasteiger partial charge < -0.3 is 5.11 Å². The molecular weight excluding hydrogens is 176 g/mol. The zero-order chi connectivity index (χ0) is 10.8. The van der Waals surface area contributed by atoms with Gasteiger partial charge in [-0.3, -0.25) is 4.79 Å². The first kappa shape index (κ1) is 13.5. The van der Waals surface area contributed by atoms with Gasteiger partial charge in [-0.1, -0.05) is 52.4 Å². The lowest BCUT2D eigenvalue weighted by atomic mass is 9.98. The van der Waals surface area contributed by atoms with Crippen LogP contribution in [0.5, 0.6) is 0 Å². The fourth-order valence-corrected chi connectivity index (χ4v) is 1.61. The molecule has 1 unspecified atom stereocenters. The van der Waals surface area contributed by atoms with Crippen LogP contribution in [0.25, 0.3) is 0 Å². The number of unbranched alkanes of at least 4 members (excludes halogenated alkanes) is 4. The van der Waals surface area contributed by atoms with Crippen LogP contribution in [-0.4, -0.2) is 11.1 Å². The van der Waals surface area contributed by atoms with Crippen molar-refractivity contribution < 1.29 is 9.90 Å². The van der Waals surface area contributed by atoms with E-state index in [4.69, 9.17) is 5.11 Å². The normalized spacial score (nSPS) is 12.7. The number of carboxylic acid groups (broad SMARTS) is 1. The molecule has 14 heavy (non-hydrogen) atoms. The topological polar surface area (TPSA) is 37.3 Å². The van der Waals surface area contributed by atoms with Gasteiger partial charge in [0, 0.05) is 6.42 Å². The molecule has 0 aliphatic heterocycles. The summed E-state index contributed by atoms with van der Waals surface area (Å²) in [6.45, 7) is 4.37. The van der Waals surface area contributed by atoms with Crippen molar-refractivity contribution in [3.63, 3.8) is 0 Å². The van der Waals surface area contributed by atoms with E-state index in [0.29, 0.717) is 12.3 Å². The number of carbonyl (C=O) groups is 1. The molecule has 0 fully saturated rings. The van der Waals surface area contributed by atoms with Crippen LogP contribution in [0.4, 0.5) is 0 Å². The van der Waals surface area contributed by atoms with E-state index in [0.717, 1.165) is 6.42 Å². The first-order chi connectivity index (χ1) is 6.66. The monoisotopic (exact) mass is 200 g/mol. The third-order valence-corrected chi connectivity index (χ3v) is 2.65. The summed E-state index contributed by atoms with van der Waals surface area (Å²) in [4.78, 5) is 10.3. The third-order valence-electron chi connectivity index (χ3n) is 2.65. The Morgan fingerprint density at radius 1 is 1.14 bits per heavy atom. The summed E-state index contributed by atoms with van der Waals surface area (Å²) in [7, 11) is 0. The lowest BCUT2D eigenvalue weighted by Crippen LogP contribution is -2.01. The minimum Gasteiger partial charge on any atom is -0.481 e. The maximum Gasteiger partial charge on any atom is 0.303 e. The first-order valence-electron chi connectivity index (χ1n) is 5.88. The van der Waals surface area contributed by atoms with Crippen LogP contribution in [0.2, 0.25) is 0 Å². The zero-order valence-corrected chi connectivity index (χ0v) is 9.59. The molecule has 1 N–H and O–H groups in total. The van der Waals surface area contributed by atoms with Gasteiger partial charge in [0.2, 0.25) is 0 Å². The molecule has 2 heteroatoms. The molecule has 0 heterocycles. The predicted octanol–water partition coefficient (Wildman–Crippen LogP) is 3.85. The third kappa shape index (κ3) is 9.56. The molecule has 0 saturated carbocycles. The van der Waals surface area contributed by atoms with Gasteiger partial charge in [-0.05, 0) is 12.3 Å². The van der Waals surface area contributed by atoms with Gasteiger partial charge in [0.25, 0.3) is 0 Å². The molecule has 1 atom stereocenters. The van der Waals surface area contributed by atoms with Crippen LogP contribution < -0.4 is 0 Å². The fourth-order valence-electron chi connectivity index (χ4n) is 1.61. The van der Waals surface area contributed by atoms with Crippen molar-refractivity contribution in [2.75, 3.05) is 0 Å². The fraction of sp³-hybridized carbons (Fsp3) is 0.917. The second kappa shape index (κ2) is 9.04. The smallest absolute Gasteiger partial charge is 0.303 e. The van der Waals surface area contributed by atoms with E-state index in [1.54, 1.807) is 0 Å². The maximum absolute atomic E-state index is 10.3. The van der Waals surface area contributed by atoms with Crippen LogP contribution in [0.15, 0.2) is 0 Å². The summed E-state index contributed by atoms with van der Waals surface area (Å²) in [6.07, 6.45) is 8.89. The molecule has 0 aliphatic rings. The van der Waals surface area contributed by atoms with E-state index in [2.05, 4.69) is 13.8 Å². The molecule has 84 valence electrons. The summed E-state index contributed by atoms with van der Waals surface area (Å²) in [5, 5.41) is 8.50. The molecule has 2 nitrogen and oxygen atoms in total. The zero-order valence-electron chi connectivity index (χ0n) is 9.59. The largest absolute Gasteiger partial charge is 0.481 e. The standard InChI is InChI=1S/C12H24O2/c1-3-4-5-6-7-8-11(2)9-10-12(13)14/h11H,3-10H2,1-2H3,(H,13,14). The Morgan fingerprint density at radius 3 is 2.36 bits per heavy atom. The van der Waals surface area contributed by atoms with Crippen molar-refractivity contribution in [3.8, 4) is 0 Å². The van der Waals surface area contributed by atoms with E-state index in [1.165, 1.54) is 38.5 Å². The van der Waals surface area contributed by atoms with Crippen molar-refractivity contribution in [3.05, 3.63) is 0 Å². The molecule has 0 aliphatic carbocycles. The predicted molar refractivity (Wildman–Crippen MR) is 59.4 cm³/mol. The lowest BCUT2D eigenvalue weighted by Gasteiger charge is -2.08. The van der Waals surface area contributed by atoms with E-state index in [1.807, 2.05) is 0 Å². The molecule has 0 aromatic carbocycles. The van der Waals surface area contributed by atoms with Crippen LogP contribution in [0.1, 0.15) is 65.2 Å². The second-order valence-corrected chi connectivity index (χ2v) is 4.24. The van der Waals surface area contributed by atoms with E-state index >= 15 is 0 Å². The SMILES string of the molecule is CCCCCCCC(C)CCC(=O)O. The molecule has 0 aromatic heterocycles. The molecule has 0 rings (SSSR count). The first-order valence-corrected chi connectivity index (χ1v) is 5.88. The minimum atomic E-state index is -0.664. The summed E-state index contributed by atoms with van der Waals surface area (Å²) in [5.74, 6) is -0.0874. The lowest BCUT2D eigenvalue weighted by molar-refractivity contribution is -0.137. The summed E-state index contributed by atoms with van der Waals surface area (Å²) in [5.41, 5.74) is 0. The highest BCUT2D eigenvalue weighted by molar-refractivity contribution is 5.66. The number of hydrogen-bond acceptors (Lipinski definition) is 1. The van der Waals surface area contributed by atoms with Crippen LogP contribution in [0, 0.1) is 5.92 Å². The summed E-state index contributed by atoms with van der Waals surface area (Å²) in [6, 6.07) is 0. The number of hydrogen-bond donors (Lipinski definition) is 1. The molecule has 0 aromatic rings. The highest BCUT2D eigenvalue weighted by atomic mass is 16.4. The van der Waals surface area contributed by atoms with E-state index in [-0.39, 0.29) is 0 Å². The Bertz CT molecular complexity index is 143. The second-order valence-electron chi connectivity index (χ2n) is 4.24. The molecule has 0 bridgehead atoms.